The standard InChI is InChI=1S/C46H47N2O4P/c1-4-6-13-35(5-2)30-41-32-40(46(52-3)33-39(41)26-22-36-18-20-38(21-19-36)31-45(34-47)53(49,50)51)27-23-37-24-28-44(29-25-37)48(42-14-9-7-10-15-42)43-16-11-8-12-17-43/h7-12,14-29,31-33,35H,4-6,13,30H2,1-3H3,(H2,49,50,51)/b26-22+,27-23+,45-31-. The maximum Gasteiger partial charge on any atom is 0.366 e. The summed E-state index contributed by atoms with van der Waals surface area (Å²) >= 11 is 0. The lowest BCUT2D eigenvalue weighted by atomic mass is 9.88. The Balaban J connectivity index is 1.44. The first kappa shape index (κ1) is 38.8. The van der Waals surface area contributed by atoms with Crippen LogP contribution in [0.2, 0.25) is 0 Å². The highest BCUT2D eigenvalue weighted by molar-refractivity contribution is 7.57. The van der Waals surface area contributed by atoms with Gasteiger partial charge in [0.2, 0.25) is 0 Å². The summed E-state index contributed by atoms with van der Waals surface area (Å²) in [5, 5.41) is 8.60. The summed E-state index contributed by atoms with van der Waals surface area (Å²) in [4.78, 5) is 21.1. The first-order chi connectivity index (χ1) is 25.7. The number of nitrogens with zero attached hydrogens (tertiary/aromatic N) is 2. The fourth-order valence-corrected chi connectivity index (χ4v) is 6.75. The van der Waals surface area contributed by atoms with E-state index >= 15 is 0 Å². The molecule has 0 saturated carbocycles. The van der Waals surface area contributed by atoms with Gasteiger partial charge in [0, 0.05) is 22.6 Å². The van der Waals surface area contributed by atoms with E-state index in [2.05, 4.69) is 122 Å². The average molecular weight is 723 g/mol. The maximum atomic E-state index is 11.6. The van der Waals surface area contributed by atoms with Gasteiger partial charge in [-0.3, -0.25) is 4.57 Å². The summed E-state index contributed by atoms with van der Waals surface area (Å²) in [5.74, 6) is 1.34. The number of hydrogen-bond donors (Lipinski definition) is 2. The zero-order valence-electron chi connectivity index (χ0n) is 30.6. The molecule has 0 radical (unpaired) electrons. The predicted octanol–water partition coefficient (Wildman–Crippen LogP) is 12.3. The number of benzene rings is 5. The van der Waals surface area contributed by atoms with Gasteiger partial charge in [-0.25, -0.2) is 0 Å². The summed E-state index contributed by atoms with van der Waals surface area (Å²) in [7, 11) is -2.93. The molecule has 0 aliphatic carbocycles. The molecule has 0 spiro atoms. The molecular weight excluding hydrogens is 675 g/mol. The van der Waals surface area contributed by atoms with Gasteiger partial charge < -0.3 is 19.4 Å². The Bertz CT molecular complexity index is 2070. The molecule has 0 bridgehead atoms. The summed E-state index contributed by atoms with van der Waals surface area (Å²) in [5.41, 5.74) is 9.16. The normalized spacial score (nSPS) is 12.6. The molecule has 0 aliphatic rings. The number of nitriles is 1. The summed E-state index contributed by atoms with van der Waals surface area (Å²) in [6.07, 6.45) is 15.2. The van der Waals surface area contributed by atoms with Crippen LogP contribution in [0.3, 0.4) is 0 Å². The van der Waals surface area contributed by atoms with Crippen LogP contribution in [0.1, 0.15) is 72.9 Å². The van der Waals surface area contributed by atoms with Crippen LogP contribution < -0.4 is 9.64 Å². The van der Waals surface area contributed by atoms with Crippen LogP contribution in [0.25, 0.3) is 30.4 Å². The van der Waals surface area contributed by atoms with Crippen LogP contribution in [0.5, 0.6) is 5.75 Å². The van der Waals surface area contributed by atoms with Gasteiger partial charge in [-0.05, 0) is 94.8 Å². The smallest absolute Gasteiger partial charge is 0.366 e. The highest BCUT2D eigenvalue weighted by Crippen LogP contribution is 2.45. The van der Waals surface area contributed by atoms with Crippen LogP contribution in [0.15, 0.2) is 127 Å². The van der Waals surface area contributed by atoms with Crippen LogP contribution >= 0.6 is 7.60 Å². The van der Waals surface area contributed by atoms with Crippen molar-refractivity contribution in [3.05, 3.63) is 160 Å². The van der Waals surface area contributed by atoms with Gasteiger partial charge in [0.15, 0.2) is 0 Å². The first-order valence-electron chi connectivity index (χ1n) is 18.1. The van der Waals surface area contributed by atoms with E-state index in [9.17, 15) is 14.4 Å². The number of unbranched alkanes of at least 4 members (excludes halogenated alkanes) is 1. The van der Waals surface area contributed by atoms with E-state index in [1.807, 2.05) is 30.3 Å². The monoisotopic (exact) mass is 722 g/mol. The molecule has 6 nitrogen and oxygen atoms in total. The van der Waals surface area contributed by atoms with Crippen molar-refractivity contribution in [2.45, 2.75) is 46.0 Å². The number of hydrogen-bond acceptors (Lipinski definition) is 4. The number of rotatable bonds is 16. The van der Waals surface area contributed by atoms with Crippen LogP contribution in [-0.2, 0) is 11.0 Å². The van der Waals surface area contributed by atoms with Gasteiger partial charge in [0.25, 0.3) is 0 Å². The van der Waals surface area contributed by atoms with Crippen molar-refractivity contribution in [2.24, 2.45) is 5.92 Å². The van der Waals surface area contributed by atoms with E-state index < -0.39 is 12.9 Å². The fraction of sp³-hybridized carbons (Fsp3) is 0.196. The molecular formula is C46H47N2O4P. The lowest BCUT2D eigenvalue weighted by Crippen LogP contribution is -2.09. The Hall–Kier alpha value is -5.44. The predicted molar refractivity (Wildman–Crippen MR) is 221 cm³/mol. The van der Waals surface area contributed by atoms with E-state index in [-0.39, 0.29) is 0 Å². The first-order valence-corrected chi connectivity index (χ1v) is 19.7. The molecule has 1 atom stereocenters. The van der Waals surface area contributed by atoms with Gasteiger partial charge in [0.05, 0.1) is 7.11 Å². The highest BCUT2D eigenvalue weighted by Gasteiger charge is 2.20. The summed E-state index contributed by atoms with van der Waals surface area (Å²) in [6.45, 7) is 4.50. The van der Waals surface area contributed by atoms with Gasteiger partial charge in [-0.15, -0.1) is 0 Å². The average Bonchev–Trinajstić information content (AvgIpc) is 3.18. The van der Waals surface area contributed by atoms with Gasteiger partial charge in [-0.2, -0.15) is 5.26 Å². The number of allylic oxidation sites excluding steroid dienone is 1. The Kier molecular flexibility index (Phi) is 13.8. The molecule has 0 aliphatic heterocycles. The minimum Gasteiger partial charge on any atom is -0.496 e. The molecule has 5 rings (SSSR count). The van der Waals surface area contributed by atoms with Crippen molar-refractivity contribution in [2.75, 3.05) is 12.0 Å². The SMILES string of the molecule is CCCCC(CC)Cc1cc(/C=C/c2ccc(N(c3ccccc3)c3ccccc3)cc2)c(OC)cc1/C=C/c1ccc(/C=C(/C#N)P(=O)(O)O)cc1. The second-order valence-electron chi connectivity index (χ2n) is 13.0. The van der Waals surface area contributed by atoms with Crippen LogP contribution in [-0.4, -0.2) is 16.9 Å². The van der Waals surface area contributed by atoms with Crippen LogP contribution in [0, 0.1) is 17.2 Å². The van der Waals surface area contributed by atoms with E-state index in [0.29, 0.717) is 11.5 Å². The minimum atomic E-state index is -4.63. The van der Waals surface area contributed by atoms with E-state index in [0.717, 1.165) is 57.9 Å². The fourth-order valence-electron chi connectivity index (χ4n) is 6.30. The van der Waals surface area contributed by atoms with E-state index in [1.165, 1.54) is 30.9 Å². The maximum absolute atomic E-state index is 11.6. The molecule has 1 unspecified atom stereocenters. The second-order valence-corrected chi connectivity index (χ2v) is 14.6. The zero-order valence-corrected chi connectivity index (χ0v) is 31.5. The van der Waals surface area contributed by atoms with Gasteiger partial charge >= 0.3 is 7.60 Å². The third-order valence-corrected chi connectivity index (χ3v) is 10.2. The van der Waals surface area contributed by atoms with Gasteiger partial charge in [0.1, 0.15) is 17.1 Å². The Morgan fingerprint density at radius 3 is 1.79 bits per heavy atom. The Morgan fingerprint density at radius 2 is 1.28 bits per heavy atom. The van der Waals surface area contributed by atoms with Gasteiger partial charge in [-0.1, -0.05) is 137 Å². The molecule has 53 heavy (non-hydrogen) atoms. The van der Waals surface area contributed by atoms with E-state index in [4.69, 9.17) is 10.00 Å². The molecule has 5 aromatic carbocycles. The molecule has 5 aromatic rings. The molecule has 7 heteroatoms. The number of anilines is 3. The van der Waals surface area contributed by atoms with Crippen molar-refractivity contribution in [3.8, 4) is 11.8 Å². The quantitative estimate of drug-likeness (QED) is 0.0598. The molecule has 0 heterocycles. The van der Waals surface area contributed by atoms with E-state index in [1.54, 1.807) is 25.3 Å². The third-order valence-electron chi connectivity index (χ3n) is 9.30. The second kappa shape index (κ2) is 18.9. The lowest BCUT2D eigenvalue weighted by molar-refractivity contribution is 0.384. The molecule has 0 saturated heterocycles. The number of methoxy groups -OCH3 is 1. The van der Waals surface area contributed by atoms with Crippen LogP contribution in [0.4, 0.5) is 17.1 Å². The highest BCUT2D eigenvalue weighted by atomic mass is 31.2. The molecule has 0 amide bonds. The van der Waals surface area contributed by atoms with Crippen molar-refractivity contribution in [3.63, 3.8) is 0 Å². The van der Waals surface area contributed by atoms with Crippen molar-refractivity contribution in [1.29, 1.82) is 5.26 Å². The Morgan fingerprint density at radius 1 is 0.755 bits per heavy atom. The largest absolute Gasteiger partial charge is 0.496 e. The summed E-state index contributed by atoms with van der Waals surface area (Å²) in [6, 6.07) is 42.5. The Labute approximate surface area is 314 Å². The zero-order chi connectivity index (χ0) is 37.6. The minimum absolute atomic E-state index is 0.543. The van der Waals surface area contributed by atoms with Crippen molar-refractivity contribution in [1.82, 2.24) is 0 Å². The number of ether oxygens (including phenoxy) is 1. The van der Waals surface area contributed by atoms with Crippen molar-refractivity contribution >= 4 is 55.0 Å². The number of para-hydroxylation sites is 2. The molecule has 0 aromatic heterocycles. The summed E-state index contributed by atoms with van der Waals surface area (Å²) < 4.78 is 17.5. The van der Waals surface area contributed by atoms with Crippen molar-refractivity contribution < 1.29 is 19.1 Å². The third kappa shape index (κ3) is 10.8. The lowest BCUT2D eigenvalue weighted by Gasteiger charge is -2.25. The molecule has 270 valence electrons. The topological polar surface area (TPSA) is 93.8 Å². The molecule has 0 fully saturated rings. The molecule has 2 N–H and O–H groups in total.